The molecule has 0 bridgehead atoms. The molecule has 3 rings (SSSR count). The molecule has 140 valence electrons. The summed E-state index contributed by atoms with van der Waals surface area (Å²) >= 11 is 0. The Hall–Kier alpha value is -2.28. The Morgan fingerprint density at radius 2 is 1.92 bits per heavy atom. The molecule has 1 aromatic carbocycles. The van der Waals surface area contributed by atoms with Gasteiger partial charge < -0.3 is 9.47 Å². The molecule has 1 aliphatic rings. The van der Waals surface area contributed by atoms with Crippen LogP contribution in [0.15, 0.2) is 31.0 Å². The number of aromatic nitrogens is 1. The smallest absolute Gasteiger partial charge is 0.347 e. The minimum Gasteiger partial charge on any atom is -0.347 e. The van der Waals surface area contributed by atoms with E-state index in [1.165, 1.54) is 4.90 Å². The maximum Gasteiger partial charge on any atom is 0.401 e. The van der Waals surface area contributed by atoms with Crippen LogP contribution in [0.5, 0.6) is 0 Å². The largest absolute Gasteiger partial charge is 0.401 e. The van der Waals surface area contributed by atoms with Gasteiger partial charge in [-0.05, 0) is 18.6 Å². The second kappa shape index (κ2) is 7.15. The van der Waals surface area contributed by atoms with Crippen LogP contribution in [0.2, 0.25) is 0 Å². The molecule has 0 aliphatic carbocycles. The average molecular weight is 365 g/mol. The molecule has 1 amide bonds. The van der Waals surface area contributed by atoms with Crippen LogP contribution in [-0.4, -0.2) is 59.2 Å². The highest BCUT2D eigenvalue weighted by atomic mass is 19.4. The third-order valence-corrected chi connectivity index (χ3v) is 4.78. The Kier molecular flexibility index (Phi) is 5.09. The summed E-state index contributed by atoms with van der Waals surface area (Å²) in [7, 11) is 0. The van der Waals surface area contributed by atoms with Gasteiger partial charge in [0.15, 0.2) is 0 Å². The van der Waals surface area contributed by atoms with Crippen molar-refractivity contribution in [2.24, 2.45) is 0 Å². The highest BCUT2D eigenvalue weighted by molar-refractivity contribution is 6.07. The van der Waals surface area contributed by atoms with E-state index in [-0.39, 0.29) is 19.0 Å². The van der Waals surface area contributed by atoms with Crippen LogP contribution in [0.3, 0.4) is 0 Å². The van der Waals surface area contributed by atoms with Crippen LogP contribution in [0.25, 0.3) is 17.0 Å². The fraction of sp³-hybridized carbons (Fsp3) is 0.421. The predicted octanol–water partition coefficient (Wildman–Crippen LogP) is 3.62. The van der Waals surface area contributed by atoms with Gasteiger partial charge in [-0.1, -0.05) is 24.8 Å². The molecule has 0 spiro atoms. The molecule has 0 unspecified atom stereocenters. The molecule has 0 N–H and O–H groups in total. The Balaban J connectivity index is 1.79. The van der Waals surface area contributed by atoms with Gasteiger partial charge in [-0.3, -0.25) is 9.69 Å². The highest BCUT2D eigenvalue weighted by Crippen LogP contribution is 2.25. The average Bonchev–Trinajstić information content (AvgIpc) is 2.98. The quantitative estimate of drug-likeness (QED) is 0.828. The first-order valence-electron chi connectivity index (χ1n) is 8.66. The van der Waals surface area contributed by atoms with Crippen molar-refractivity contribution in [2.75, 3.05) is 32.7 Å². The van der Waals surface area contributed by atoms with Gasteiger partial charge >= 0.3 is 6.18 Å². The van der Waals surface area contributed by atoms with Gasteiger partial charge in [0, 0.05) is 49.8 Å². The van der Waals surface area contributed by atoms with Gasteiger partial charge in [0.05, 0.1) is 12.1 Å². The topological polar surface area (TPSA) is 28.5 Å². The molecule has 2 aromatic rings. The normalized spacial score (nSPS) is 16.2. The number of halogens is 3. The minimum atomic E-state index is -4.20. The number of alkyl halides is 3. The molecular weight excluding hydrogens is 343 g/mol. The Labute approximate surface area is 150 Å². The highest BCUT2D eigenvalue weighted by Gasteiger charge is 2.33. The number of amides is 1. The fourth-order valence-corrected chi connectivity index (χ4v) is 3.40. The van der Waals surface area contributed by atoms with Crippen LogP contribution in [-0.2, 0) is 6.54 Å². The van der Waals surface area contributed by atoms with Gasteiger partial charge in [-0.25, -0.2) is 0 Å². The SMILES string of the molecule is C=Cc1ccc2c(C(=O)N3CCN(CC(F)(F)F)CC3)cn(CC)c2c1. The number of piperazine rings is 1. The molecule has 4 nitrogen and oxygen atoms in total. The zero-order chi connectivity index (χ0) is 18.9. The molecule has 1 saturated heterocycles. The zero-order valence-corrected chi connectivity index (χ0v) is 14.7. The number of benzene rings is 1. The Morgan fingerprint density at radius 3 is 2.50 bits per heavy atom. The maximum atomic E-state index is 12.9. The first kappa shape index (κ1) is 18.5. The lowest BCUT2D eigenvalue weighted by molar-refractivity contribution is -0.148. The molecule has 2 heterocycles. The van der Waals surface area contributed by atoms with Crippen LogP contribution < -0.4 is 0 Å². The van der Waals surface area contributed by atoms with E-state index in [4.69, 9.17) is 0 Å². The number of nitrogens with zero attached hydrogens (tertiary/aromatic N) is 3. The second-order valence-corrected chi connectivity index (χ2v) is 6.49. The van der Waals surface area contributed by atoms with E-state index in [0.29, 0.717) is 18.7 Å². The van der Waals surface area contributed by atoms with E-state index in [1.807, 2.05) is 35.9 Å². The van der Waals surface area contributed by atoms with E-state index >= 15 is 0 Å². The molecule has 0 atom stereocenters. The summed E-state index contributed by atoms with van der Waals surface area (Å²) in [5.41, 5.74) is 2.54. The van der Waals surface area contributed by atoms with E-state index < -0.39 is 12.7 Å². The van der Waals surface area contributed by atoms with Gasteiger partial charge in [-0.15, -0.1) is 0 Å². The molecule has 0 radical (unpaired) electrons. The maximum absolute atomic E-state index is 12.9. The summed E-state index contributed by atoms with van der Waals surface area (Å²) in [6.45, 7) is 6.66. The van der Waals surface area contributed by atoms with Crippen molar-refractivity contribution in [2.45, 2.75) is 19.6 Å². The molecular formula is C19H22F3N3O. The lowest BCUT2D eigenvalue weighted by atomic mass is 10.1. The number of carbonyl (C=O) groups excluding carboxylic acids is 1. The summed E-state index contributed by atoms with van der Waals surface area (Å²) < 4.78 is 39.5. The first-order valence-corrected chi connectivity index (χ1v) is 8.66. The van der Waals surface area contributed by atoms with Crippen molar-refractivity contribution in [3.8, 4) is 0 Å². The van der Waals surface area contributed by atoms with Crippen LogP contribution >= 0.6 is 0 Å². The van der Waals surface area contributed by atoms with E-state index in [1.54, 1.807) is 11.0 Å². The first-order chi connectivity index (χ1) is 12.3. The predicted molar refractivity (Wildman–Crippen MR) is 96.1 cm³/mol. The number of carbonyl (C=O) groups is 1. The summed E-state index contributed by atoms with van der Waals surface area (Å²) in [5, 5.41) is 0.861. The molecule has 26 heavy (non-hydrogen) atoms. The Morgan fingerprint density at radius 1 is 1.23 bits per heavy atom. The number of fused-ring (bicyclic) bond motifs is 1. The number of rotatable bonds is 4. The molecule has 1 aromatic heterocycles. The van der Waals surface area contributed by atoms with Crippen molar-refractivity contribution in [3.63, 3.8) is 0 Å². The van der Waals surface area contributed by atoms with E-state index in [9.17, 15) is 18.0 Å². The van der Waals surface area contributed by atoms with Crippen LogP contribution in [0.4, 0.5) is 13.2 Å². The molecule has 1 fully saturated rings. The summed E-state index contributed by atoms with van der Waals surface area (Å²) in [6.07, 6.45) is -0.612. The fourth-order valence-electron chi connectivity index (χ4n) is 3.40. The van der Waals surface area contributed by atoms with Gasteiger partial charge in [0.25, 0.3) is 5.91 Å². The monoisotopic (exact) mass is 365 g/mol. The standard InChI is InChI=1S/C19H22F3N3O/c1-3-14-5-6-15-16(12-24(4-2)17(15)11-14)18(26)25-9-7-23(8-10-25)13-19(20,21)22/h3,5-6,11-12H,1,4,7-10,13H2,2H3. The summed E-state index contributed by atoms with van der Waals surface area (Å²) in [6, 6.07) is 5.81. The van der Waals surface area contributed by atoms with Crippen molar-refractivity contribution >= 4 is 22.9 Å². The van der Waals surface area contributed by atoms with E-state index in [0.717, 1.165) is 23.0 Å². The summed E-state index contributed by atoms with van der Waals surface area (Å²) in [5.74, 6) is -0.125. The van der Waals surface area contributed by atoms with Crippen molar-refractivity contribution in [1.29, 1.82) is 0 Å². The van der Waals surface area contributed by atoms with Crippen molar-refractivity contribution in [1.82, 2.24) is 14.4 Å². The molecule has 0 saturated carbocycles. The molecule has 1 aliphatic heterocycles. The van der Waals surface area contributed by atoms with Crippen molar-refractivity contribution in [3.05, 3.63) is 42.1 Å². The number of aryl methyl sites for hydroxylation is 1. The van der Waals surface area contributed by atoms with Crippen LogP contribution in [0.1, 0.15) is 22.8 Å². The lowest BCUT2D eigenvalue weighted by Gasteiger charge is -2.34. The van der Waals surface area contributed by atoms with E-state index in [2.05, 4.69) is 6.58 Å². The lowest BCUT2D eigenvalue weighted by Crippen LogP contribution is -2.50. The second-order valence-electron chi connectivity index (χ2n) is 6.49. The van der Waals surface area contributed by atoms with Gasteiger partial charge in [-0.2, -0.15) is 13.2 Å². The number of hydrogen-bond acceptors (Lipinski definition) is 2. The third-order valence-electron chi connectivity index (χ3n) is 4.78. The van der Waals surface area contributed by atoms with Crippen molar-refractivity contribution < 1.29 is 18.0 Å². The number of hydrogen-bond donors (Lipinski definition) is 0. The minimum absolute atomic E-state index is 0.125. The van der Waals surface area contributed by atoms with Gasteiger partial charge in [0.2, 0.25) is 0 Å². The van der Waals surface area contributed by atoms with Gasteiger partial charge in [0.1, 0.15) is 0 Å². The van der Waals surface area contributed by atoms with Crippen LogP contribution in [0, 0.1) is 0 Å². The third kappa shape index (κ3) is 3.77. The zero-order valence-electron chi connectivity index (χ0n) is 14.7. The summed E-state index contributed by atoms with van der Waals surface area (Å²) in [4.78, 5) is 15.9. The Bertz CT molecular complexity index is 817. The molecule has 7 heteroatoms.